The molecule has 0 amide bonds. The Morgan fingerprint density at radius 3 is 2.28 bits per heavy atom. The number of aryl methyl sites for hydroxylation is 1. The molecule has 0 fully saturated rings. The summed E-state index contributed by atoms with van der Waals surface area (Å²) >= 11 is 0. The second-order valence-electron chi connectivity index (χ2n) is 4.96. The molecule has 2 N–H and O–H groups in total. The van der Waals surface area contributed by atoms with Crippen molar-refractivity contribution in [3.63, 3.8) is 0 Å². The number of rotatable bonds is 10. The molecule has 18 heavy (non-hydrogen) atoms. The topological polar surface area (TPSA) is 24.1 Å². The van der Waals surface area contributed by atoms with Crippen LogP contribution in [0.2, 0.25) is 0 Å². The van der Waals surface area contributed by atoms with Crippen LogP contribution in [-0.2, 0) is 0 Å². The number of anilines is 1. The fourth-order valence-electron chi connectivity index (χ4n) is 1.95. The van der Waals surface area contributed by atoms with Crippen molar-refractivity contribution >= 4 is 5.69 Å². The first kappa shape index (κ1) is 15.0. The van der Waals surface area contributed by atoms with Crippen molar-refractivity contribution in [2.24, 2.45) is 0 Å². The lowest BCUT2D eigenvalue weighted by Crippen LogP contribution is -2.23. The average Bonchev–Trinajstić information content (AvgIpc) is 2.39. The molecule has 0 saturated carbocycles. The molecule has 0 unspecified atom stereocenters. The van der Waals surface area contributed by atoms with E-state index in [0.29, 0.717) is 0 Å². The minimum Gasteiger partial charge on any atom is -0.384 e. The lowest BCUT2D eigenvalue weighted by Gasteiger charge is -2.08. The molecule has 2 heteroatoms. The van der Waals surface area contributed by atoms with E-state index in [9.17, 15) is 0 Å². The molecule has 0 spiro atoms. The maximum absolute atomic E-state index is 3.48. The summed E-state index contributed by atoms with van der Waals surface area (Å²) in [4.78, 5) is 0. The molecule has 0 aliphatic rings. The highest BCUT2D eigenvalue weighted by Crippen LogP contribution is 2.07. The van der Waals surface area contributed by atoms with Gasteiger partial charge in [0.1, 0.15) is 0 Å². The van der Waals surface area contributed by atoms with Crippen LogP contribution in [0.1, 0.15) is 44.6 Å². The number of unbranched alkanes of at least 4 members (excludes halogenated alkanes) is 4. The summed E-state index contributed by atoms with van der Waals surface area (Å²) in [5.41, 5.74) is 2.52. The minimum atomic E-state index is 0.998. The van der Waals surface area contributed by atoms with Gasteiger partial charge in [-0.3, -0.25) is 0 Å². The second-order valence-corrected chi connectivity index (χ2v) is 4.96. The Bertz CT molecular complexity index is 292. The molecule has 0 aliphatic carbocycles. The normalized spacial score (nSPS) is 10.6. The Morgan fingerprint density at radius 1 is 0.833 bits per heavy atom. The van der Waals surface area contributed by atoms with Crippen LogP contribution in [-0.4, -0.2) is 19.6 Å². The van der Waals surface area contributed by atoms with Gasteiger partial charge in [-0.05, 0) is 32.0 Å². The van der Waals surface area contributed by atoms with Crippen LogP contribution in [0, 0.1) is 6.92 Å². The molecular formula is C16H28N2. The molecule has 0 atom stereocenters. The summed E-state index contributed by atoms with van der Waals surface area (Å²) in [6.45, 7) is 7.57. The summed E-state index contributed by atoms with van der Waals surface area (Å²) in [5.74, 6) is 0. The van der Waals surface area contributed by atoms with Crippen molar-refractivity contribution in [3.8, 4) is 0 Å². The standard InChI is InChI=1S/C16H28N2/c1-3-4-5-6-7-12-17-13-14-18-16-10-8-15(2)9-11-16/h8-11,17-18H,3-7,12-14H2,1-2H3. The molecule has 1 aromatic carbocycles. The molecule has 2 nitrogen and oxygen atoms in total. The third-order valence-corrected chi connectivity index (χ3v) is 3.14. The lowest BCUT2D eigenvalue weighted by atomic mass is 10.1. The molecule has 102 valence electrons. The van der Waals surface area contributed by atoms with Gasteiger partial charge in [-0.15, -0.1) is 0 Å². The van der Waals surface area contributed by atoms with Gasteiger partial charge in [-0.2, -0.15) is 0 Å². The van der Waals surface area contributed by atoms with Crippen molar-refractivity contribution in [3.05, 3.63) is 29.8 Å². The Hall–Kier alpha value is -1.02. The quantitative estimate of drug-likeness (QED) is 0.612. The fraction of sp³-hybridized carbons (Fsp3) is 0.625. The predicted octanol–water partition coefficient (Wildman–Crippen LogP) is 3.97. The van der Waals surface area contributed by atoms with E-state index >= 15 is 0 Å². The third-order valence-electron chi connectivity index (χ3n) is 3.14. The first-order chi connectivity index (χ1) is 8.83. The number of benzene rings is 1. The predicted molar refractivity (Wildman–Crippen MR) is 81.3 cm³/mol. The summed E-state index contributed by atoms with van der Waals surface area (Å²) in [7, 11) is 0. The molecule has 0 radical (unpaired) electrons. The summed E-state index contributed by atoms with van der Waals surface area (Å²) in [6, 6.07) is 8.56. The van der Waals surface area contributed by atoms with Crippen LogP contribution >= 0.6 is 0 Å². The third kappa shape index (κ3) is 7.33. The van der Waals surface area contributed by atoms with Crippen molar-refractivity contribution in [1.82, 2.24) is 5.32 Å². The molecule has 1 aromatic rings. The Labute approximate surface area is 112 Å². The monoisotopic (exact) mass is 248 g/mol. The van der Waals surface area contributed by atoms with Crippen LogP contribution in [0.25, 0.3) is 0 Å². The van der Waals surface area contributed by atoms with Gasteiger partial charge in [-0.1, -0.05) is 50.3 Å². The van der Waals surface area contributed by atoms with Gasteiger partial charge in [0.15, 0.2) is 0 Å². The van der Waals surface area contributed by atoms with Gasteiger partial charge in [0.25, 0.3) is 0 Å². The van der Waals surface area contributed by atoms with E-state index in [0.717, 1.165) is 19.6 Å². The number of hydrogen-bond donors (Lipinski definition) is 2. The highest BCUT2D eigenvalue weighted by Gasteiger charge is 1.92. The van der Waals surface area contributed by atoms with Crippen LogP contribution in [0.3, 0.4) is 0 Å². The van der Waals surface area contributed by atoms with Gasteiger partial charge in [0, 0.05) is 18.8 Å². The molecule has 0 heterocycles. The summed E-state index contributed by atoms with van der Waals surface area (Å²) in [6.07, 6.45) is 6.78. The molecule has 0 aliphatic heterocycles. The molecule has 0 bridgehead atoms. The largest absolute Gasteiger partial charge is 0.384 e. The SMILES string of the molecule is CCCCCCCNCCNc1ccc(C)cc1. The first-order valence-corrected chi connectivity index (χ1v) is 7.34. The van der Waals surface area contributed by atoms with Crippen molar-refractivity contribution < 1.29 is 0 Å². The van der Waals surface area contributed by atoms with Crippen LogP contribution in [0.4, 0.5) is 5.69 Å². The Balaban J connectivity index is 1.91. The van der Waals surface area contributed by atoms with E-state index < -0.39 is 0 Å². The van der Waals surface area contributed by atoms with E-state index in [2.05, 4.69) is 48.7 Å². The zero-order valence-corrected chi connectivity index (χ0v) is 12.0. The summed E-state index contributed by atoms with van der Waals surface area (Å²) < 4.78 is 0. The van der Waals surface area contributed by atoms with Gasteiger partial charge in [-0.25, -0.2) is 0 Å². The van der Waals surface area contributed by atoms with Crippen molar-refractivity contribution in [1.29, 1.82) is 0 Å². The number of hydrogen-bond acceptors (Lipinski definition) is 2. The van der Waals surface area contributed by atoms with Crippen molar-refractivity contribution in [2.45, 2.75) is 46.0 Å². The lowest BCUT2D eigenvalue weighted by molar-refractivity contribution is 0.589. The van der Waals surface area contributed by atoms with Crippen LogP contribution in [0.15, 0.2) is 24.3 Å². The van der Waals surface area contributed by atoms with Gasteiger partial charge >= 0.3 is 0 Å². The maximum Gasteiger partial charge on any atom is 0.0340 e. The van der Waals surface area contributed by atoms with Crippen LogP contribution in [0.5, 0.6) is 0 Å². The minimum absolute atomic E-state index is 0.998. The van der Waals surface area contributed by atoms with Crippen molar-refractivity contribution in [2.75, 3.05) is 25.0 Å². The zero-order chi connectivity index (χ0) is 13.1. The van der Waals surface area contributed by atoms with E-state index in [1.54, 1.807) is 0 Å². The Kier molecular flexibility index (Phi) is 8.32. The van der Waals surface area contributed by atoms with Crippen LogP contribution < -0.4 is 10.6 Å². The average molecular weight is 248 g/mol. The second kappa shape index (κ2) is 9.95. The molecule has 0 saturated heterocycles. The first-order valence-electron chi connectivity index (χ1n) is 7.34. The molecule has 0 aromatic heterocycles. The van der Waals surface area contributed by atoms with E-state index in [1.165, 1.54) is 43.4 Å². The molecular weight excluding hydrogens is 220 g/mol. The Morgan fingerprint density at radius 2 is 1.56 bits per heavy atom. The van der Waals surface area contributed by atoms with Gasteiger partial charge in [0.05, 0.1) is 0 Å². The number of nitrogens with one attached hydrogen (secondary N) is 2. The van der Waals surface area contributed by atoms with Gasteiger partial charge < -0.3 is 10.6 Å². The van der Waals surface area contributed by atoms with E-state index in [4.69, 9.17) is 0 Å². The molecule has 1 rings (SSSR count). The fourth-order valence-corrected chi connectivity index (χ4v) is 1.95. The smallest absolute Gasteiger partial charge is 0.0340 e. The van der Waals surface area contributed by atoms with Gasteiger partial charge in [0.2, 0.25) is 0 Å². The highest BCUT2D eigenvalue weighted by molar-refractivity contribution is 5.44. The highest BCUT2D eigenvalue weighted by atomic mass is 14.9. The van der Waals surface area contributed by atoms with E-state index in [-0.39, 0.29) is 0 Å². The zero-order valence-electron chi connectivity index (χ0n) is 12.0. The maximum atomic E-state index is 3.48. The summed E-state index contributed by atoms with van der Waals surface area (Å²) in [5, 5.41) is 6.90. The van der Waals surface area contributed by atoms with E-state index in [1.807, 2.05) is 0 Å².